The van der Waals surface area contributed by atoms with Gasteiger partial charge in [-0.15, -0.1) is 11.3 Å². The zero-order chi connectivity index (χ0) is 24.3. The van der Waals surface area contributed by atoms with Crippen LogP contribution in [-0.4, -0.2) is 28.7 Å². The summed E-state index contributed by atoms with van der Waals surface area (Å²) in [6.45, 7) is 4.56. The van der Waals surface area contributed by atoms with Gasteiger partial charge in [0, 0.05) is 17.9 Å². The first-order valence-corrected chi connectivity index (χ1v) is 11.2. The number of hydrazone groups is 1. The van der Waals surface area contributed by atoms with Crippen molar-refractivity contribution in [2.45, 2.75) is 20.8 Å². The average Bonchev–Trinajstić information content (AvgIpc) is 3.16. The van der Waals surface area contributed by atoms with Crippen molar-refractivity contribution in [1.82, 2.24) is 5.43 Å². The molecule has 0 radical (unpaired) electrons. The monoisotopic (exact) mass is 504 g/mol. The van der Waals surface area contributed by atoms with Crippen molar-refractivity contribution in [3.63, 3.8) is 0 Å². The number of carbonyl (C=O) groups is 3. The number of benzene rings is 2. The van der Waals surface area contributed by atoms with Crippen molar-refractivity contribution < 1.29 is 24.2 Å². The standard InChI is InChI=1S/C23H18Cl2N2O5S/c1-11-8-15(4-6-16(11)23(30)31)22(29)27-26-12(2)17-10-33-21(20(17)32-13(3)28)14-5-7-18(24)19(25)9-14/h4-10H,1-3H3,(H,27,29)(H,30,31)/b26-12+. The number of halogens is 2. The fourth-order valence-electron chi connectivity index (χ4n) is 2.98. The average molecular weight is 505 g/mol. The first kappa shape index (κ1) is 24.4. The minimum atomic E-state index is -1.07. The summed E-state index contributed by atoms with van der Waals surface area (Å²) in [5.41, 5.74) is 4.92. The number of nitrogens with zero attached hydrogens (tertiary/aromatic N) is 1. The zero-order valence-electron chi connectivity index (χ0n) is 17.7. The molecule has 0 spiro atoms. The van der Waals surface area contributed by atoms with Gasteiger partial charge in [0.1, 0.15) is 0 Å². The van der Waals surface area contributed by atoms with Crippen molar-refractivity contribution >= 4 is 58.1 Å². The summed E-state index contributed by atoms with van der Waals surface area (Å²) >= 11 is 13.5. The summed E-state index contributed by atoms with van der Waals surface area (Å²) < 4.78 is 5.45. The molecule has 2 aromatic carbocycles. The number of hydrogen-bond acceptors (Lipinski definition) is 6. The van der Waals surface area contributed by atoms with Gasteiger partial charge >= 0.3 is 11.9 Å². The van der Waals surface area contributed by atoms with Crippen LogP contribution in [0.4, 0.5) is 0 Å². The first-order chi connectivity index (χ1) is 15.6. The highest BCUT2D eigenvalue weighted by molar-refractivity contribution is 7.14. The van der Waals surface area contributed by atoms with Crippen LogP contribution in [-0.2, 0) is 4.79 Å². The predicted molar refractivity (Wildman–Crippen MR) is 129 cm³/mol. The number of nitrogens with one attached hydrogen (secondary N) is 1. The highest BCUT2D eigenvalue weighted by Crippen LogP contribution is 2.41. The largest absolute Gasteiger partial charge is 0.478 e. The lowest BCUT2D eigenvalue weighted by Gasteiger charge is -2.09. The number of thiophene rings is 1. The smallest absolute Gasteiger partial charge is 0.335 e. The number of carbonyl (C=O) groups excluding carboxylic acids is 2. The molecular formula is C23H18Cl2N2O5S. The van der Waals surface area contributed by atoms with Crippen LogP contribution in [0.15, 0.2) is 46.9 Å². The van der Waals surface area contributed by atoms with Gasteiger partial charge < -0.3 is 9.84 Å². The molecule has 0 saturated heterocycles. The van der Waals surface area contributed by atoms with Gasteiger partial charge in [-0.25, -0.2) is 10.2 Å². The van der Waals surface area contributed by atoms with E-state index in [1.807, 2.05) is 0 Å². The first-order valence-electron chi connectivity index (χ1n) is 9.52. The fraction of sp³-hybridized carbons (Fsp3) is 0.130. The Labute approximate surface area is 203 Å². The molecule has 0 aliphatic carbocycles. The quantitative estimate of drug-likeness (QED) is 0.250. The minimum absolute atomic E-state index is 0.116. The SMILES string of the molecule is CC(=O)Oc1c(/C(C)=N/NC(=O)c2ccc(C(=O)O)c(C)c2)csc1-c1ccc(Cl)c(Cl)c1. The minimum Gasteiger partial charge on any atom is -0.478 e. The number of amides is 1. The molecular weight excluding hydrogens is 487 g/mol. The van der Waals surface area contributed by atoms with E-state index in [0.717, 1.165) is 0 Å². The lowest BCUT2D eigenvalue weighted by Crippen LogP contribution is -2.20. The molecule has 2 N–H and O–H groups in total. The zero-order valence-corrected chi connectivity index (χ0v) is 20.1. The topological polar surface area (TPSA) is 105 Å². The van der Waals surface area contributed by atoms with Gasteiger partial charge in [-0.1, -0.05) is 29.3 Å². The van der Waals surface area contributed by atoms with Gasteiger partial charge in [0.25, 0.3) is 5.91 Å². The van der Waals surface area contributed by atoms with E-state index in [1.165, 1.54) is 36.5 Å². The maximum Gasteiger partial charge on any atom is 0.335 e. The van der Waals surface area contributed by atoms with Gasteiger partial charge in [0.05, 0.1) is 31.8 Å². The molecule has 3 aromatic rings. The van der Waals surface area contributed by atoms with Crippen molar-refractivity contribution in [2.75, 3.05) is 0 Å². The van der Waals surface area contributed by atoms with Crippen LogP contribution in [0, 0.1) is 6.92 Å². The molecule has 3 rings (SSSR count). The van der Waals surface area contributed by atoms with Crippen LogP contribution < -0.4 is 10.2 Å². The molecule has 7 nitrogen and oxygen atoms in total. The van der Waals surface area contributed by atoms with Crippen LogP contribution >= 0.6 is 34.5 Å². The Balaban J connectivity index is 1.90. The lowest BCUT2D eigenvalue weighted by atomic mass is 10.1. The summed E-state index contributed by atoms with van der Waals surface area (Å²) in [6, 6.07) is 9.33. The van der Waals surface area contributed by atoms with E-state index < -0.39 is 17.8 Å². The van der Waals surface area contributed by atoms with Gasteiger partial charge in [0.15, 0.2) is 5.75 Å². The molecule has 33 heavy (non-hydrogen) atoms. The highest BCUT2D eigenvalue weighted by atomic mass is 35.5. The van der Waals surface area contributed by atoms with Crippen molar-refractivity contribution in [3.8, 4) is 16.2 Å². The molecule has 0 saturated carbocycles. The second-order valence-electron chi connectivity index (χ2n) is 7.00. The Morgan fingerprint density at radius 1 is 1.03 bits per heavy atom. The van der Waals surface area contributed by atoms with Crippen molar-refractivity contribution in [1.29, 1.82) is 0 Å². The van der Waals surface area contributed by atoms with E-state index >= 15 is 0 Å². The molecule has 0 atom stereocenters. The molecule has 0 bridgehead atoms. The number of aryl methyl sites for hydroxylation is 1. The number of esters is 1. The number of hydrogen-bond donors (Lipinski definition) is 2. The number of carboxylic acid groups (broad SMARTS) is 1. The normalized spacial score (nSPS) is 11.2. The number of rotatable bonds is 6. The molecule has 0 aliphatic heterocycles. The second-order valence-corrected chi connectivity index (χ2v) is 8.70. The molecule has 0 aliphatic rings. The Morgan fingerprint density at radius 2 is 1.76 bits per heavy atom. The van der Waals surface area contributed by atoms with Gasteiger partial charge in [-0.2, -0.15) is 5.10 Å². The van der Waals surface area contributed by atoms with Crippen LogP contribution in [0.5, 0.6) is 5.75 Å². The third kappa shape index (κ3) is 5.60. The molecule has 170 valence electrons. The molecule has 1 aromatic heterocycles. The van der Waals surface area contributed by atoms with Gasteiger partial charge in [0.2, 0.25) is 0 Å². The summed E-state index contributed by atoms with van der Waals surface area (Å²) in [4.78, 5) is 36.0. The molecule has 0 unspecified atom stereocenters. The van der Waals surface area contributed by atoms with Crippen LogP contribution in [0.1, 0.15) is 45.7 Å². The van der Waals surface area contributed by atoms with Crippen molar-refractivity contribution in [2.24, 2.45) is 5.10 Å². The van der Waals surface area contributed by atoms with Gasteiger partial charge in [-0.3, -0.25) is 9.59 Å². The van der Waals surface area contributed by atoms with Crippen LogP contribution in [0.25, 0.3) is 10.4 Å². The summed E-state index contributed by atoms with van der Waals surface area (Å²) in [5, 5.41) is 15.8. The van der Waals surface area contributed by atoms with Crippen LogP contribution in [0.2, 0.25) is 10.0 Å². The Kier molecular flexibility index (Phi) is 7.53. The van der Waals surface area contributed by atoms with E-state index in [4.69, 9.17) is 33.0 Å². The van der Waals surface area contributed by atoms with Gasteiger partial charge in [-0.05, 0) is 55.3 Å². The molecule has 0 fully saturated rings. The van der Waals surface area contributed by atoms with E-state index in [0.29, 0.717) is 43.1 Å². The maximum absolute atomic E-state index is 12.5. The van der Waals surface area contributed by atoms with Crippen molar-refractivity contribution in [3.05, 3.63) is 74.1 Å². The van der Waals surface area contributed by atoms with E-state index in [9.17, 15) is 14.4 Å². The fourth-order valence-corrected chi connectivity index (χ4v) is 4.32. The van der Waals surface area contributed by atoms with E-state index in [2.05, 4.69) is 10.5 Å². The number of carboxylic acids is 1. The summed E-state index contributed by atoms with van der Waals surface area (Å²) in [7, 11) is 0. The summed E-state index contributed by atoms with van der Waals surface area (Å²) in [6.07, 6.45) is 0. The Hall–Kier alpha value is -3.20. The Morgan fingerprint density at radius 3 is 2.36 bits per heavy atom. The lowest BCUT2D eigenvalue weighted by molar-refractivity contribution is -0.131. The number of ether oxygens (including phenoxy) is 1. The maximum atomic E-state index is 12.5. The third-order valence-corrected chi connectivity index (χ3v) is 6.36. The number of aromatic carboxylic acids is 1. The Bertz CT molecular complexity index is 1300. The summed E-state index contributed by atoms with van der Waals surface area (Å²) in [5.74, 6) is -1.80. The third-order valence-electron chi connectivity index (χ3n) is 4.61. The molecule has 1 heterocycles. The molecule has 1 amide bonds. The second kappa shape index (κ2) is 10.2. The predicted octanol–water partition coefficient (Wildman–Crippen LogP) is 5.81. The van der Waals surface area contributed by atoms with E-state index in [1.54, 1.807) is 37.4 Å². The molecule has 10 heteroatoms. The van der Waals surface area contributed by atoms with Crippen LogP contribution in [0.3, 0.4) is 0 Å². The highest BCUT2D eigenvalue weighted by Gasteiger charge is 2.20. The van der Waals surface area contributed by atoms with E-state index in [-0.39, 0.29) is 11.1 Å².